The summed E-state index contributed by atoms with van der Waals surface area (Å²) in [7, 11) is 0. The SMILES string of the molecule is Cc1cccc(NC(=O)c2cncc(C(=O)Nc3cccc(F)c3)c2)c1C. The van der Waals surface area contributed by atoms with Gasteiger partial charge in [0.25, 0.3) is 11.8 Å². The number of carbonyl (C=O) groups is 2. The van der Waals surface area contributed by atoms with E-state index in [4.69, 9.17) is 0 Å². The van der Waals surface area contributed by atoms with Crippen molar-refractivity contribution in [1.82, 2.24) is 4.98 Å². The molecule has 0 aliphatic rings. The summed E-state index contributed by atoms with van der Waals surface area (Å²) in [5.74, 6) is -1.29. The van der Waals surface area contributed by atoms with Crippen molar-refractivity contribution in [2.45, 2.75) is 13.8 Å². The molecule has 2 amide bonds. The van der Waals surface area contributed by atoms with Crippen LogP contribution in [-0.4, -0.2) is 16.8 Å². The Bertz CT molecular complexity index is 1020. The summed E-state index contributed by atoms with van der Waals surface area (Å²) < 4.78 is 13.2. The number of aryl methyl sites for hydroxylation is 1. The first-order valence-electron chi connectivity index (χ1n) is 8.33. The fourth-order valence-electron chi connectivity index (χ4n) is 2.54. The van der Waals surface area contributed by atoms with Crippen LogP contribution in [0.5, 0.6) is 0 Å². The van der Waals surface area contributed by atoms with E-state index in [1.807, 2.05) is 32.0 Å². The highest BCUT2D eigenvalue weighted by atomic mass is 19.1. The molecule has 0 saturated heterocycles. The number of benzene rings is 2. The molecule has 3 rings (SSSR count). The second-order valence-electron chi connectivity index (χ2n) is 6.13. The maximum Gasteiger partial charge on any atom is 0.257 e. The maximum atomic E-state index is 13.2. The Morgan fingerprint density at radius 1 is 0.889 bits per heavy atom. The molecule has 27 heavy (non-hydrogen) atoms. The Morgan fingerprint density at radius 2 is 1.56 bits per heavy atom. The lowest BCUT2D eigenvalue weighted by atomic mass is 10.1. The number of aromatic nitrogens is 1. The van der Waals surface area contributed by atoms with E-state index in [9.17, 15) is 14.0 Å². The Balaban J connectivity index is 1.77. The fourth-order valence-corrected chi connectivity index (χ4v) is 2.54. The number of hydrogen-bond acceptors (Lipinski definition) is 3. The summed E-state index contributed by atoms with van der Waals surface area (Å²) in [6.45, 7) is 3.88. The van der Waals surface area contributed by atoms with Gasteiger partial charge in [0, 0.05) is 23.8 Å². The molecular weight excluding hydrogens is 345 g/mol. The zero-order valence-electron chi connectivity index (χ0n) is 14.9. The fraction of sp³-hybridized carbons (Fsp3) is 0.0952. The molecule has 1 aromatic heterocycles. The first-order valence-corrected chi connectivity index (χ1v) is 8.33. The number of nitrogens with one attached hydrogen (secondary N) is 2. The molecule has 1 heterocycles. The number of carbonyl (C=O) groups excluding carboxylic acids is 2. The largest absolute Gasteiger partial charge is 0.322 e. The van der Waals surface area contributed by atoms with Crippen LogP contribution in [0, 0.1) is 19.7 Å². The lowest BCUT2D eigenvalue weighted by molar-refractivity contribution is 0.102. The molecule has 6 heteroatoms. The van der Waals surface area contributed by atoms with Gasteiger partial charge in [-0.15, -0.1) is 0 Å². The Hall–Kier alpha value is -3.54. The van der Waals surface area contributed by atoms with Crippen molar-refractivity contribution in [3.05, 3.63) is 89.0 Å². The van der Waals surface area contributed by atoms with E-state index in [0.717, 1.165) is 11.1 Å². The van der Waals surface area contributed by atoms with Crippen LogP contribution in [0.2, 0.25) is 0 Å². The van der Waals surface area contributed by atoms with Crippen molar-refractivity contribution in [3.63, 3.8) is 0 Å². The molecule has 0 aliphatic heterocycles. The van der Waals surface area contributed by atoms with E-state index >= 15 is 0 Å². The third-order valence-electron chi connectivity index (χ3n) is 4.20. The molecule has 0 spiro atoms. The molecule has 0 atom stereocenters. The topological polar surface area (TPSA) is 71.1 Å². The Morgan fingerprint density at radius 3 is 2.26 bits per heavy atom. The smallest absolute Gasteiger partial charge is 0.257 e. The predicted molar refractivity (Wildman–Crippen MR) is 102 cm³/mol. The summed E-state index contributed by atoms with van der Waals surface area (Å²) in [5.41, 5.74) is 3.52. The molecule has 0 unspecified atom stereocenters. The maximum absolute atomic E-state index is 13.2. The second-order valence-corrected chi connectivity index (χ2v) is 6.13. The molecular formula is C21H18FN3O2. The Kier molecular flexibility index (Phi) is 5.26. The first-order chi connectivity index (χ1) is 12.9. The van der Waals surface area contributed by atoms with E-state index < -0.39 is 11.7 Å². The van der Waals surface area contributed by atoms with Gasteiger partial charge in [-0.05, 0) is 55.3 Å². The molecule has 0 radical (unpaired) electrons. The second kappa shape index (κ2) is 7.78. The number of pyridine rings is 1. The van der Waals surface area contributed by atoms with Gasteiger partial charge in [-0.1, -0.05) is 18.2 Å². The van der Waals surface area contributed by atoms with Gasteiger partial charge in [-0.25, -0.2) is 4.39 Å². The lowest BCUT2D eigenvalue weighted by Crippen LogP contribution is -2.16. The van der Waals surface area contributed by atoms with Crippen LogP contribution in [0.1, 0.15) is 31.8 Å². The van der Waals surface area contributed by atoms with Gasteiger partial charge >= 0.3 is 0 Å². The van der Waals surface area contributed by atoms with Crippen LogP contribution >= 0.6 is 0 Å². The molecule has 5 nitrogen and oxygen atoms in total. The Labute approximate surface area is 156 Å². The van der Waals surface area contributed by atoms with Crippen molar-refractivity contribution < 1.29 is 14.0 Å². The lowest BCUT2D eigenvalue weighted by Gasteiger charge is -2.11. The molecule has 136 valence electrons. The predicted octanol–water partition coefficient (Wildman–Crippen LogP) is 4.34. The van der Waals surface area contributed by atoms with Crippen LogP contribution in [0.25, 0.3) is 0 Å². The van der Waals surface area contributed by atoms with Crippen molar-refractivity contribution >= 4 is 23.2 Å². The van der Waals surface area contributed by atoms with Crippen LogP contribution in [-0.2, 0) is 0 Å². The molecule has 0 saturated carbocycles. The molecule has 3 aromatic rings. The van der Waals surface area contributed by atoms with E-state index in [1.165, 1.54) is 36.7 Å². The summed E-state index contributed by atoms with van der Waals surface area (Å²) in [6.07, 6.45) is 2.74. The molecule has 2 aromatic carbocycles. The third kappa shape index (κ3) is 4.36. The van der Waals surface area contributed by atoms with E-state index in [-0.39, 0.29) is 17.0 Å². The normalized spacial score (nSPS) is 10.3. The van der Waals surface area contributed by atoms with Gasteiger partial charge in [0.05, 0.1) is 11.1 Å². The minimum atomic E-state index is -0.477. The number of hydrogen-bond donors (Lipinski definition) is 2. The van der Waals surface area contributed by atoms with Crippen LogP contribution in [0.3, 0.4) is 0 Å². The van der Waals surface area contributed by atoms with Crippen molar-refractivity contribution in [3.8, 4) is 0 Å². The number of nitrogens with zero attached hydrogens (tertiary/aromatic N) is 1. The number of amides is 2. The summed E-state index contributed by atoms with van der Waals surface area (Å²) >= 11 is 0. The van der Waals surface area contributed by atoms with Gasteiger partial charge in [0.2, 0.25) is 0 Å². The van der Waals surface area contributed by atoms with Crippen molar-refractivity contribution in [2.24, 2.45) is 0 Å². The highest BCUT2D eigenvalue weighted by molar-refractivity contribution is 6.08. The number of rotatable bonds is 4. The average Bonchev–Trinajstić information content (AvgIpc) is 2.65. The minimum Gasteiger partial charge on any atom is -0.322 e. The number of anilines is 2. The van der Waals surface area contributed by atoms with E-state index in [2.05, 4.69) is 15.6 Å². The van der Waals surface area contributed by atoms with Gasteiger partial charge in [-0.2, -0.15) is 0 Å². The van der Waals surface area contributed by atoms with Gasteiger partial charge in [0.1, 0.15) is 5.82 Å². The molecule has 0 aliphatic carbocycles. The monoisotopic (exact) mass is 363 g/mol. The summed E-state index contributed by atoms with van der Waals surface area (Å²) in [4.78, 5) is 28.8. The zero-order chi connectivity index (χ0) is 19.4. The van der Waals surface area contributed by atoms with Crippen LogP contribution in [0.15, 0.2) is 60.9 Å². The highest BCUT2D eigenvalue weighted by Gasteiger charge is 2.13. The van der Waals surface area contributed by atoms with Crippen molar-refractivity contribution in [2.75, 3.05) is 10.6 Å². The minimum absolute atomic E-state index is 0.202. The average molecular weight is 363 g/mol. The quantitative estimate of drug-likeness (QED) is 0.724. The number of halogens is 1. The van der Waals surface area contributed by atoms with Crippen LogP contribution in [0.4, 0.5) is 15.8 Å². The van der Waals surface area contributed by atoms with Crippen LogP contribution < -0.4 is 10.6 Å². The third-order valence-corrected chi connectivity index (χ3v) is 4.20. The molecule has 2 N–H and O–H groups in total. The van der Waals surface area contributed by atoms with E-state index in [1.54, 1.807) is 6.07 Å². The van der Waals surface area contributed by atoms with Crippen molar-refractivity contribution in [1.29, 1.82) is 0 Å². The highest BCUT2D eigenvalue weighted by Crippen LogP contribution is 2.19. The molecule has 0 fully saturated rings. The summed E-state index contributed by atoms with van der Waals surface area (Å²) in [5, 5.41) is 5.41. The standard InChI is InChI=1S/C21H18FN3O2/c1-13-5-3-8-19(14(13)2)25-21(27)16-9-15(11-23-12-16)20(26)24-18-7-4-6-17(22)10-18/h3-12H,1-2H3,(H,24,26)(H,25,27). The van der Waals surface area contributed by atoms with E-state index in [0.29, 0.717) is 11.4 Å². The van der Waals surface area contributed by atoms with Gasteiger partial charge in [0.15, 0.2) is 0 Å². The first kappa shape index (κ1) is 18.3. The summed E-state index contributed by atoms with van der Waals surface area (Å²) in [6, 6.07) is 12.7. The van der Waals surface area contributed by atoms with Gasteiger partial charge in [-0.3, -0.25) is 14.6 Å². The van der Waals surface area contributed by atoms with Gasteiger partial charge < -0.3 is 10.6 Å². The zero-order valence-corrected chi connectivity index (χ0v) is 14.9. The molecule has 0 bridgehead atoms.